The van der Waals surface area contributed by atoms with Crippen molar-refractivity contribution >= 4 is 16.9 Å². The van der Waals surface area contributed by atoms with Gasteiger partial charge in [-0.05, 0) is 30.7 Å². The van der Waals surface area contributed by atoms with Gasteiger partial charge in [0.05, 0.1) is 12.6 Å². The maximum absolute atomic E-state index is 13.1. The molecule has 27 heavy (non-hydrogen) atoms. The SMILES string of the molecule is O=C(c1ccc2cc[nH]c2n1)N1C[C@H]2C[C@@H](C1)[C@H](CO)n1c2cccc1=O. The zero-order chi connectivity index (χ0) is 18.5. The molecular weight excluding hydrogens is 344 g/mol. The number of rotatable bonds is 2. The number of aromatic amines is 1. The van der Waals surface area contributed by atoms with Gasteiger partial charge in [0.15, 0.2) is 0 Å². The highest BCUT2D eigenvalue weighted by Crippen LogP contribution is 2.41. The number of aromatic nitrogens is 3. The second-order valence-electron chi connectivity index (χ2n) is 7.42. The topological polar surface area (TPSA) is 91.2 Å². The number of piperidine rings is 1. The van der Waals surface area contributed by atoms with Crippen LogP contribution >= 0.6 is 0 Å². The van der Waals surface area contributed by atoms with Crippen LogP contribution in [0.2, 0.25) is 0 Å². The van der Waals surface area contributed by atoms with Crippen molar-refractivity contribution in [1.82, 2.24) is 19.4 Å². The normalized spacial score (nSPS) is 24.0. The van der Waals surface area contributed by atoms with Crippen LogP contribution in [-0.4, -0.2) is 50.1 Å². The summed E-state index contributed by atoms with van der Waals surface area (Å²) in [7, 11) is 0. The van der Waals surface area contributed by atoms with Crippen LogP contribution in [0.25, 0.3) is 11.0 Å². The van der Waals surface area contributed by atoms with Gasteiger partial charge in [-0.3, -0.25) is 9.59 Å². The predicted octanol–water partition coefficient (Wildman–Crippen LogP) is 1.52. The quantitative estimate of drug-likeness (QED) is 0.721. The highest BCUT2D eigenvalue weighted by atomic mass is 16.3. The lowest BCUT2D eigenvalue weighted by Gasteiger charge is -2.46. The van der Waals surface area contributed by atoms with Crippen LogP contribution in [0.15, 0.2) is 47.4 Å². The van der Waals surface area contributed by atoms with Crippen molar-refractivity contribution in [3.8, 4) is 0 Å². The minimum absolute atomic E-state index is 0.0551. The fraction of sp³-hybridized carbons (Fsp3) is 0.350. The number of hydrogen-bond donors (Lipinski definition) is 2. The largest absolute Gasteiger partial charge is 0.394 e. The van der Waals surface area contributed by atoms with Crippen molar-refractivity contribution in [2.75, 3.05) is 19.7 Å². The van der Waals surface area contributed by atoms with Crippen molar-refractivity contribution in [3.63, 3.8) is 0 Å². The molecule has 3 aromatic rings. The van der Waals surface area contributed by atoms with Crippen molar-refractivity contribution in [3.05, 3.63) is 64.3 Å². The number of nitrogens with zero attached hydrogens (tertiary/aromatic N) is 3. The van der Waals surface area contributed by atoms with Crippen molar-refractivity contribution in [1.29, 1.82) is 0 Å². The molecule has 3 atom stereocenters. The van der Waals surface area contributed by atoms with Crippen LogP contribution in [0.5, 0.6) is 0 Å². The molecule has 0 saturated carbocycles. The van der Waals surface area contributed by atoms with Crippen molar-refractivity contribution in [2.24, 2.45) is 5.92 Å². The molecule has 0 unspecified atom stereocenters. The summed E-state index contributed by atoms with van der Waals surface area (Å²) in [6.45, 7) is 0.968. The minimum atomic E-state index is -0.292. The molecule has 0 aromatic carbocycles. The number of likely N-dealkylation sites (tertiary alicyclic amines) is 1. The summed E-state index contributed by atoms with van der Waals surface area (Å²) in [4.78, 5) is 34.8. The molecule has 7 nitrogen and oxygen atoms in total. The Morgan fingerprint density at radius 2 is 2.11 bits per heavy atom. The minimum Gasteiger partial charge on any atom is -0.394 e. The molecule has 2 aliphatic heterocycles. The molecule has 1 amide bonds. The number of H-pyrrole nitrogens is 1. The summed E-state index contributed by atoms with van der Waals surface area (Å²) in [5, 5.41) is 10.9. The molecule has 3 aromatic heterocycles. The first-order valence-corrected chi connectivity index (χ1v) is 9.21. The van der Waals surface area contributed by atoms with Crippen LogP contribution < -0.4 is 5.56 Å². The molecule has 7 heteroatoms. The molecule has 1 fully saturated rings. The molecule has 0 aliphatic carbocycles. The van der Waals surface area contributed by atoms with E-state index in [0.29, 0.717) is 24.4 Å². The first kappa shape index (κ1) is 16.3. The van der Waals surface area contributed by atoms with Gasteiger partial charge in [0, 0.05) is 48.3 Å². The van der Waals surface area contributed by atoms with Crippen LogP contribution in [0.1, 0.15) is 34.6 Å². The van der Waals surface area contributed by atoms with Crippen molar-refractivity contribution in [2.45, 2.75) is 18.4 Å². The lowest BCUT2D eigenvalue weighted by molar-refractivity contribution is 0.0433. The average molecular weight is 364 g/mol. The second kappa shape index (κ2) is 6.06. The van der Waals surface area contributed by atoms with Gasteiger partial charge in [-0.1, -0.05) is 6.07 Å². The first-order chi connectivity index (χ1) is 13.2. The van der Waals surface area contributed by atoms with Gasteiger partial charge in [0.2, 0.25) is 0 Å². The number of carbonyl (C=O) groups is 1. The predicted molar refractivity (Wildman–Crippen MR) is 99.7 cm³/mol. The third kappa shape index (κ3) is 2.49. The fourth-order valence-corrected chi connectivity index (χ4v) is 4.65. The summed E-state index contributed by atoms with van der Waals surface area (Å²) in [5.74, 6) is 0.0442. The van der Waals surface area contributed by atoms with E-state index < -0.39 is 0 Å². The molecule has 0 radical (unpaired) electrons. The summed E-state index contributed by atoms with van der Waals surface area (Å²) >= 11 is 0. The monoisotopic (exact) mass is 364 g/mol. The van der Waals surface area contributed by atoms with Gasteiger partial charge >= 0.3 is 0 Å². The Hall–Kier alpha value is -2.93. The van der Waals surface area contributed by atoms with E-state index in [4.69, 9.17) is 0 Å². The smallest absolute Gasteiger partial charge is 0.272 e. The van der Waals surface area contributed by atoms with E-state index in [1.54, 1.807) is 22.9 Å². The van der Waals surface area contributed by atoms with E-state index in [1.807, 2.05) is 23.1 Å². The number of aliphatic hydroxyl groups excluding tert-OH is 1. The highest BCUT2D eigenvalue weighted by molar-refractivity contribution is 5.94. The van der Waals surface area contributed by atoms with Crippen LogP contribution in [0, 0.1) is 5.92 Å². The summed E-state index contributed by atoms with van der Waals surface area (Å²) in [5.41, 5.74) is 1.93. The third-order valence-corrected chi connectivity index (χ3v) is 5.90. The summed E-state index contributed by atoms with van der Waals surface area (Å²) in [6.07, 6.45) is 2.68. The van der Waals surface area contributed by atoms with E-state index in [0.717, 1.165) is 17.5 Å². The second-order valence-corrected chi connectivity index (χ2v) is 7.42. The van der Waals surface area contributed by atoms with Gasteiger partial charge < -0.3 is 19.6 Å². The van der Waals surface area contributed by atoms with Gasteiger partial charge in [-0.25, -0.2) is 4.98 Å². The molecular formula is C20H20N4O3. The molecule has 0 spiro atoms. The zero-order valence-corrected chi connectivity index (χ0v) is 14.7. The standard InChI is InChI=1S/C20H20N4O3/c25-11-17-14-8-13(16-2-1-3-18(26)24(16)17)9-23(10-14)20(27)15-5-4-12-6-7-21-19(12)22-15/h1-7,13-14,17,25H,8-11H2,(H,21,22)/t13-,14+,17+/m1/s1. The third-order valence-electron chi connectivity index (χ3n) is 5.90. The Morgan fingerprint density at radius 1 is 1.22 bits per heavy atom. The Bertz CT molecular complexity index is 1090. The lowest BCUT2D eigenvalue weighted by Crippen LogP contribution is -2.52. The van der Waals surface area contributed by atoms with Gasteiger partial charge in [-0.2, -0.15) is 0 Å². The maximum Gasteiger partial charge on any atom is 0.272 e. The molecule has 2 N–H and O–H groups in total. The number of hydrogen-bond acceptors (Lipinski definition) is 4. The Morgan fingerprint density at radius 3 is 2.96 bits per heavy atom. The summed E-state index contributed by atoms with van der Waals surface area (Å²) < 4.78 is 1.73. The molecule has 1 saturated heterocycles. The maximum atomic E-state index is 13.1. The van der Waals surface area contributed by atoms with Crippen LogP contribution in [0.3, 0.4) is 0 Å². The Balaban J connectivity index is 1.50. The Labute approximate surface area is 155 Å². The van der Waals surface area contributed by atoms with E-state index in [1.165, 1.54) is 6.07 Å². The average Bonchev–Trinajstić information content (AvgIpc) is 3.16. The number of pyridine rings is 2. The van der Waals surface area contributed by atoms with Gasteiger partial charge in [-0.15, -0.1) is 0 Å². The first-order valence-electron chi connectivity index (χ1n) is 9.21. The van der Waals surface area contributed by atoms with Crippen molar-refractivity contribution < 1.29 is 9.90 Å². The van der Waals surface area contributed by atoms with Gasteiger partial charge in [0.1, 0.15) is 11.3 Å². The van der Waals surface area contributed by atoms with E-state index >= 15 is 0 Å². The molecule has 138 valence electrons. The number of fused-ring (bicyclic) bond motifs is 5. The van der Waals surface area contributed by atoms with Crippen LogP contribution in [-0.2, 0) is 0 Å². The number of aliphatic hydroxyl groups is 1. The van der Waals surface area contributed by atoms with E-state index in [-0.39, 0.29) is 36.0 Å². The number of nitrogens with one attached hydrogen (secondary N) is 1. The van der Waals surface area contributed by atoms with Crippen LogP contribution in [0.4, 0.5) is 0 Å². The molecule has 5 heterocycles. The number of amides is 1. The summed E-state index contributed by atoms with van der Waals surface area (Å²) in [6, 6.07) is 10.5. The van der Waals surface area contributed by atoms with E-state index in [2.05, 4.69) is 9.97 Å². The molecule has 2 bridgehead atoms. The molecule has 2 aliphatic rings. The van der Waals surface area contributed by atoms with E-state index in [9.17, 15) is 14.7 Å². The zero-order valence-electron chi connectivity index (χ0n) is 14.7. The molecule has 5 rings (SSSR count). The van der Waals surface area contributed by atoms with Gasteiger partial charge in [0.25, 0.3) is 11.5 Å². The fourth-order valence-electron chi connectivity index (χ4n) is 4.65. The highest BCUT2D eigenvalue weighted by Gasteiger charge is 2.41. The number of carbonyl (C=O) groups excluding carboxylic acids is 1. The Kier molecular flexibility index (Phi) is 3.65. The lowest BCUT2D eigenvalue weighted by atomic mass is 9.78.